The van der Waals surface area contributed by atoms with Crippen molar-refractivity contribution in [3.8, 4) is 5.69 Å². The number of azo groups is 1. The second-order valence-corrected chi connectivity index (χ2v) is 14.8. The molecular weight excluding hydrogens is 790 g/mol. The van der Waals surface area contributed by atoms with Crippen molar-refractivity contribution in [3.63, 3.8) is 0 Å². The summed E-state index contributed by atoms with van der Waals surface area (Å²) in [4.78, 5) is 38.7. The predicted octanol–water partition coefficient (Wildman–Crippen LogP) is 1.60. The molecule has 1 fully saturated rings. The van der Waals surface area contributed by atoms with Crippen molar-refractivity contribution in [3.05, 3.63) is 53.4 Å². The maximum absolute atomic E-state index is 13.9. The number of amides is 4. The Kier molecular flexibility index (Phi) is 8.68. The van der Waals surface area contributed by atoms with Crippen LogP contribution in [-0.4, -0.2) is 87.8 Å². The fourth-order valence-electron chi connectivity index (χ4n) is 4.72. The van der Waals surface area contributed by atoms with Crippen LogP contribution >= 0.6 is 11.6 Å². The summed E-state index contributed by atoms with van der Waals surface area (Å²) in [6.07, 6.45) is -1.60. The lowest BCUT2D eigenvalue weighted by Gasteiger charge is -2.16. The van der Waals surface area contributed by atoms with Crippen molar-refractivity contribution >= 4 is 98.8 Å². The number of aromatic nitrogens is 5. The highest BCUT2D eigenvalue weighted by molar-refractivity contribution is 7.86. The minimum Gasteiger partial charge on any atom is -0.339 e. The van der Waals surface area contributed by atoms with E-state index < -0.39 is 125 Å². The van der Waals surface area contributed by atoms with Crippen LogP contribution in [0.4, 0.5) is 30.8 Å². The summed E-state index contributed by atoms with van der Waals surface area (Å²) in [5.74, 6) is -4.68. The highest BCUT2D eigenvalue weighted by Gasteiger charge is 2.35. The molecule has 52 heavy (non-hydrogen) atoms. The van der Waals surface area contributed by atoms with Gasteiger partial charge in [0.2, 0.25) is 12.0 Å². The molecule has 2 aromatic heterocycles. The number of carbonyl (C=O) groups is 3. The van der Waals surface area contributed by atoms with Gasteiger partial charge in [-0.15, -0.1) is 10.2 Å². The zero-order chi connectivity index (χ0) is 38.1. The lowest BCUT2D eigenvalue weighted by Crippen LogP contribution is -2.57. The van der Waals surface area contributed by atoms with Gasteiger partial charge in [0.05, 0.1) is 5.69 Å². The van der Waals surface area contributed by atoms with Crippen molar-refractivity contribution in [2.75, 3.05) is 5.32 Å². The van der Waals surface area contributed by atoms with Crippen molar-refractivity contribution < 1.29 is 62.1 Å². The molecule has 0 spiro atoms. The molecule has 270 valence electrons. The van der Waals surface area contributed by atoms with Crippen LogP contribution < -0.4 is 16.0 Å². The van der Waals surface area contributed by atoms with Gasteiger partial charge in [-0.1, -0.05) is 11.6 Å². The Labute approximate surface area is 291 Å². The van der Waals surface area contributed by atoms with Crippen molar-refractivity contribution in [1.82, 2.24) is 35.6 Å². The van der Waals surface area contributed by atoms with E-state index in [0.717, 1.165) is 18.2 Å². The highest BCUT2D eigenvalue weighted by Crippen LogP contribution is 2.38. The molecule has 6 N–H and O–H groups in total. The number of urea groups is 1. The van der Waals surface area contributed by atoms with E-state index in [9.17, 15) is 62.1 Å². The van der Waals surface area contributed by atoms with Gasteiger partial charge in [-0.25, -0.2) is 4.79 Å². The van der Waals surface area contributed by atoms with Crippen LogP contribution in [0.3, 0.4) is 0 Å². The van der Waals surface area contributed by atoms with Gasteiger partial charge < -0.3 is 5.32 Å². The van der Waals surface area contributed by atoms with Crippen LogP contribution in [0.5, 0.6) is 0 Å². The van der Waals surface area contributed by atoms with E-state index in [4.69, 9.17) is 11.6 Å². The third kappa shape index (κ3) is 6.82. The van der Waals surface area contributed by atoms with Gasteiger partial charge in [0.15, 0.2) is 5.82 Å². The minimum absolute atomic E-state index is 0.336. The smallest absolute Gasteiger partial charge is 0.328 e. The molecule has 1 aliphatic heterocycles. The van der Waals surface area contributed by atoms with Gasteiger partial charge in [0, 0.05) is 16.5 Å². The number of fused-ring (bicyclic) bond motifs is 3. The molecule has 0 radical (unpaired) electrons. The van der Waals surface area contributed by atoms with Gasteiger partial charge in [0.25, 0.3) is 42.2 Å². The lowest BCUT2D eigenvalue weighted by atomic mass is 10.1. The minimum atomic E-state index is -5.36. The molecule has 0 bridgehead atoms. The summed E-state index contributed by atoms with van der Waals surface area (Å²) >= 11 is 5.76. The van der Waals surface area contributed by atoms with Crippen LogP contribution in [0.25, 0.3) is 27.5 Å². The first-order valence-corrected chi connectivity index (χ1v) is 18.0. The highest BCUT2D eigenvalue weighted by atomic mass is 35.5. The molecule has 6 rings (SSSR count). The number of benzene rings is 3. The van der Waals surface area contributed by atoms with Crippen molar-refractivity contribution in [2.24, 2.45) is 10.2 Å². The second-order valence-electron chi connectivity index (χ2n) is 10.2. The number of barbiturate groups is 1. The fraction of sp³-hybridized carbons (Fsp3) is 0.0417. The summed E-state index contributed by atoms with van der Waals surface area (Å²) in [6.45, 7) is 0. The number of rotatable bonds is 8. The maximum Gasteiger partial charge on any atom is 0.328 e. The van der Waals surface area contributed by atoms with Gasteiger partial charge >= 0.3 is 12.1 Å². The molecule has 4 amide bonds. The number of nitrogens with zero attached hydrogens (tertiary/aromatic N) is 7. The SMILES string of the molecule is O=C1NC(=O)C(N=Nc2ccc(-n3nc4cc(S(=O)(=O)O)c5cc(Nc6nc(F)nc(F)c6Cl)cc(S(=O)(=O)O)c5c4n3)cc2S(=O)(=O)O)C(=O)N1. The second kappa shape index (κ2) is 12.5. The largest absolute Gasteiger partial charge is 0.339 e. The Morgan fingerprint density at radius 3 is 2.08 bits per heavy atom. The normalized spacial score (nSPS) is 14.7. The molecule has 28 heteroatoms. The first-order chi connectivity index (χ1) is 24.1. The summed E-state index contributed by atoms with van der Waals surface area (Å²) in [6, 6.07) is 1.82. The first kappa shape index (κ1) is 36.1. The predicted molar refractivity (Wildman–Crippen MR) is 166 cm³/mol. The monoisotopic (exact) mass is 802 g/mol. The molecule has 5 aromatic rings. The van der Waals surface area contributed by atoms with Crippen LogP contribution in [0.1, 0.15) is 0 Å². The van der Waals surface area contributed by atoms with E-state index in [0.29, 0.717) is 23.0 Å². The molecule has 0 saturated carbocycles. The Hall–Kier alpha value is -5.71. The van der Waals surface area contributed by atoms with Gasteiger partial charge in [0.1, 0.15) is 36.4 Å². The van der Waals surface area contributed by atoms with Crippen molar-refractivity contribution in [2.45, 2.75) is 20.7 Å². The summed E-state index contributed by atoms with van der Waals surface area (Å²) in [7, 11) is -15.8. The average Bonchev–Trinajstić information content (AvgIpc) is 3.45. The number of hydrogen-bond acceptors (Lipinski definition) is 16. The third-order valence-corrected chi connectivity index (χ3v) is 9.81. The summed E-state index contributed by atoms with van der Waals surface area (Å²) in [5, 5.41) is 18.6. The standard InChI is InChI=1S/C24H13ClF2N10O12S3/c25-16-19(26)29-23(27)30-20(16)28-7-3-9-12(50(41,42)43)6-11-17(15(9)14(4-7)52(47,48)49)36-37(35-11)8-1-2-10(13(5-8)51(44,45)46)33-34-18-21(38)31-24(40)32-22(18)39/h1-6,18H,(H,28,29,30)(H,41,42,43)(H,44,45,46)(H,47,48,49)(H2,31,32,38,39,40). The topological polar surface area (TPSA) is 332 Å². The lowest BCUT2D eigenvalue weighted by molar-refractivity contribution is -0.131. The van der Waals surface area contributed by atoms with E-state index in [-0.39, 0.29) is 5.69 Å². The zero-order valence-electron chi connectivity index (χ0n) is 24.5. The number of imide groups is 2. The zero-order valence-corrected chi connectivity index (χ0v) is 27.8. The number of anilines is 2. The van der Waals surface area contributed by atoms with E-state index >= 15 is 0 Å². The molecule has 3 aromatic carbocycles. The third-order valence-electron chi connectivity index (χ3n) is 6.82. The molecule has 22 nitrogen and oxygen atoms in total. The molecule has 1 aliphatic rings. The Morgan fingerprint density at radius 2 is 1.46 bits per heavy atom. The van der Waals surface area contributed by atoms with Crippen LogP contribution in [0.15, 0.2) is 61.3 Å². The van der Waals surface area contributed by atoms with E-state index in [1.54, 1.807) is 10.6 Å². The number of halogens is 3. The summed E-state index contributed by atoms with van der Waals surface area (Å²) in [5.41, 5.74) is -2.43. The maximum atomic E-state index is 13.9. The van der Waals surface area contributed by atoms with Gasteiger partial charge in [-0.3, -0.25) is 33.9 Å². The molecule has 3 heterocycles. The Balaban J connectivity index is 1.54. The molecule has 1 saturated heterocycles. The Morgan fingerprint density at radius 1 is 0.827 bits per heavy atom. The molecule has 0 aliphatic carbocycles. The van der Waals surface area contributed by atoms with E-state index in [1.807, 2.05) is 0 Å². The molecule has 0 atom stereocenters. The number of nitrogens with one attached hydrogen (secondary N) is 3. The average molecular weight is 803 g/mol. The summed E-state index contributed by atoms with van der Waals surface area (Å²) < 4.78 is 133. The van der Waals surface area contributed by atoms with Crippen LogP contribution in [0, 0.1) is 12.0 Å². The van der Waals surface area contributed by atoms with E-state index in [2.05, 4.69) is 35.7 Å². The van der Waals surface area contributed by atoms with E-state index in [1.165, 1.54) is 0 Å². The Bertz CT molecular complexity index is 2800. The fourth-order valence-corrected chi connectivity index (χ4v) is 6.93. The number of carbonyl (C=O) groups excluding carboxylic acids is 3. The van der Waals surface area contributed by atoms with Gasteiger partial charge in [-0.05, 0) is 36.4 Å². The van der Waals surface area contributed by atoms with Crippen LogP contribution in [-0.2, 0) is 39.9 Å². The molecule has 0 unspecified atom stereocenters. The van der Waals surface area contributed by atoms with Gasteiger partial charge in [-0.2, -0.15) is 59.0 Å². The molecular formula is C24H13ClF2N10O12S3. The van der Waals surface area contributed by atoms with Crippen molar-refractivity contribution in [1.29, 1.82) is 0 Å². The number of hydrogen-bond donors (Lipinski definition) is 6. The quantitative estimate of drug-likeness (QED) is 0.0426. The van der Waals surface area contributed by atoms with Crippen LogP contribution in [0.2, 0.25) is 5.02 Å². The first-order valence-electron chi connectivity index (χ1n) is 13.3.